The molecule has 1 atom stereocenters. The van der Waals surface area contributed by atoms with Crippen LogP contribution in [0.2, 0.25) is 0 Å². The van der Waals surface area contributed by atoms with Crippen LogP contribution in [-0.2, 0) is 0 Å². The average molecular weight is 396 g/mol. The van der Waals surface area contributed by atoms with Gasteiger partial charge in [0.05, 0.1) is 5.52 Å². The zero-order valence-corrected chi connectivity index (χ0v) is 17.5. The van der Waals surface area contributed by atoms with Crippen molar-refractivity contribution in [3.63, 3.8) is 0 Å². The highest BCUT2D eigenvalue weighted by Crippen LogP contribution is 2.32. The van der Waals surface area contributed by atoms with Gasteiger partial charge in [0.1, 0.15) is 18.5 Å². The van der Waals surface area contributed by atoms with Crippen molar-refractivity contribution in [2.75, 3.05) is 32.8 Å². The first-order valence-electron chi connectivity index (χ1n) is 10.9. The lowest BCUT2D eigenvalue weighted by molar-refractivity contribution is 0.102. The highest BCUT2D eigenvalue weighted by atomic mass is 16.5. The minimum absolute atomic E-state index is 0.289. The molecule has 4 rings (SSSR count). The first-order chi connectivity index (χ1) is 14.1. The first kappa shape index (κ1) is 20.2. The summed E-state index contributed by atoms with van der Waals surface area (Å²) in [6.45, 7) is 8.73. The minimum atomic E-state index is -0.522. The van der Waals surface area contributed by atoms with Gasteiger partial charge in [-0.15, -0.1) is 0 Å². The lowest BCUT2D eigenvalue weighted by atomic mass is 9.96. The molecule has 0 bridgehead atoms. The monoisotopic (exact) mass is 395 g/mol. The maximum atomic E-state index is 10.4. The Bertz CT molecular complexity index is 928. The fourth-order valence-corrected chi connectivity index (χ4v) is 4.36. The zero-order valence-electron chi connectivity index (χ0n) is 17.5. The Morgan fingerprint density at radius 2 is 1.86 bits per heavy atom. The molecule has 0 spiro atoms. The van der Waals surface area contributed by atoms with Crippen LogP contribution >= 0.6 is 0 Å². The first-order valence-corrected chi connectivity index (χ1v) is 10.9. The molecule has 29 heavy (non-hydrogen) atoms. The average Bonchev–Trinajstić information content (AvgIpc) is 3.12. The van der Waals surface area contributed by atoms with E-state index in [2.05, 4.69) is 47.2 Å². The Hall–Kier alpha value is -2.08. The Kier molecular flexibility index (Phi) is 6.38. The molecule has 156 valence electrons. The molecule has 0 aliphatic carbocycles. The molecule has 1 aromatic heterocycles. The van der Waals surface area contributed by atoms with Gasteiger partial charge in [0.15, 0.2) is 0 Å². The van der Waals surface area contributed by atoms with Gasteiger partial charge < -0.3 is 25.0 Å². The molecule has 1 aliphatic rings. The number of nitrogens with one attached hydrogen (secondary N) is 2. The van der Waals surface area contributed by atoms with E-state index in [1.165, 1.54) is 25.9 Å². The molecule has 1 fully saturated rings. The van der Waals surface area contributed by atoms with Gasteiger partial charge >= 0.3 is 0 Å². The number of nitrogens with zero attached hydrogens (tertiary/aromatic N) is 1. The van der Waals surface area contributed by atoms with Crippen LogP contribution in [0.4, 0.5) is 0 Å². The van der Waals surface area contributed by atoms with Crippen LogP contribution < -0.4 is 10.1 Å². The molecule has 2 heterocycles. The van der Waals surface area contributed by atoms with Gasteiger partial charge in [-0.1, -0.05) is 24.3 Å². The SMILES string of the molecule is CC(C)N1CCC(CNC[C@H](O)COc2cccc3[nH]c4ccccc4c23)CC1. The van der Waals surface area contributed by atoms with Crippen LogP contribution in [0.25, 0.3) is 21.8 Å². The number of likely N-dealkylation sites (tertiary alicyclic amines) is 1. The molecule has 0 saturated carbocycles. The maximum absolute atomic E-state index is 10.4. The zero-order chi connectivity index (χ0) is 20.2. The Morgan fingerprint density at radius 1 is 1.10 bits per heavy atom. The van der Waals surface area contributed by atoms with Gasteiger partial charge in [0, 0.05) is 28.9 Å². The molecule has 1 aliphatic heterocycles. The van der Waals surface area contributed by atoms with E-state index in [0.29, 0.717) is 18.5 Å². The number of rotatable bonds is 8. The summed E-state index contributed by atoms with van der Waals surface area (Å²) < 4.78 is 6.01. The molecular weight excluding hydrogens is 362 g/mol. The summed E-state index contributed by atoms with van der Waals surface area (Å²) in [6.07, 6.45) is 1.95. The van der Waals surface area contributed by atoms with E-state index in [1.807, 2.05) is 24.3 Å². The lowest BCUT2D eigenvalue weighted by Gasteiger charge is -2.34. The van der Waals surface area contributed by atoms with Crippen LogP contribution in [0, 0.1) is 5.92 Å². The van der Waals surface area contributed by atoms with Gasteiger partial charge in [-0.25, -0.2) is 0 Å². The van der Waals surface area contributed by atoms with Gasteiger partial charge in [0.2, 0.25) is 0 Å². The third kappa shape index (κ3) is 4.74. The Labute approximate surface area is 173 Å². The number of para-hydroxylation sites is 1. The third-order valence-corrected chi connectivity index (χ3v) is 6.12. The number of benzene rings is 2. The van der Waals surface area contributed by atoms with E-state index < -0.39 is 6.10 Å². The van der Waals surface area contributed by atoms with Gasteiger partial charge in [-0.3, -0.25) is 0 Å². The van der Waals surface area contributed by atoms with Gasteiger partial charge in [-0.2, -0.15) is 0 Å². The van der Waals surface area contributed by atoms with E-state index in [0.717, 1.165) is 34.1 Å². The molecule has 5 nitrogen and oxygen atoms in total. The number of aliphatic hydroxyl groups is 1. The van der Waals surface area contributed by atoms with Crippen molar-refractivity contribution in [1.29, 1.82) is 0 Å². The van der Waals surface area contributed by atoms with Crippen LogP contribution in [-0.4, -0.2) is 59.9 Å². The molecule has 0 amide bonds. The predicted molar refractivity (Wildman–Crippen MR) is 120 cm³/mol. The minimum Gasteiger partial charge on any atom is -0.490 e. The van der Waals surface area contributed by atoms with E-state index in [4.69, 9.17) is 4.74 Å². The summed E-state index contributed by atoms with van der Waals surface area (Å²) in [6, 6.07) is 14.9. The third-order valence-electron chi connectivity index (χ3n) is 6.12. The number of aromatic nitrogens is 1. The Balaban J connectivity index is 1.27. The molecule has 3 aromatic rings. The summed E-state index contributed by atoms with van der Waals surface area (Å²) in [7, 11) is 0. The Morgan fingerprint density at radius 3 is 2.66 bits per heavy atom. The molecular formula is C24H33N3O2. The van der Waals surface area contributed by atoms with Crippen molar-refractivity contribution >= 4 is 21.8 Å². The quantitative estimate of drug-likeness (QED) is 0.543. The number of aromatic amines is 1. The highest BCUT2D eigenvalue weighted by molar-refractivity contribution is 6.10. The molecule has 5 heteroatoms. The summed E-state index contributed by atoms with van der Waals surface area (Å²) in [5, 5.41) is 16.1. The van der Waals surface area contributed by atoms with E-state index >= 15 is 0 Å². The van der Waals surface area contributed by atoms with Crippen molar-refractivity contribution in [2.45, 2.75) is 38.8 Å². The van der Waals surface area contributed by atoms with Crippen molar-refractivity contribution in [3.8, 4) is 5.75 Å². The number of ether oxygens (including phenoxy) is 1. The summed E-state index contributed by atoms with van der Waals surface area (Å²) in [5.41, 5.74) is 2.16. The van der Waals surface area contributed by atoms with E-state index in [1.54, 1.807) is 0 Å². The maximum Gasteiger partial charge on any atom is 0.129 e. The van der Waals surface area contributed by atoms with Crippen molar-refractivity contribution in [3.05, 3.63) is 42.5 Å². The summed E-state index contributed by atoms with van der Waals surface area (Å²) >= 11 is 0. The van der Waals surface area contributed by atoms with Crippen LogP contribution in [0.15, 0.2) is 42.5 Å². The number of hydrogen-bond acceptors (Lipinski definition) is 4. The van der Waals surface area contributed by atoms with Gasteiger partial charge in [-0.05, 0) is 70.4 Å². The van der Waals surface area contributed by atoms with E-state index in [-0.39, 0.29) is 6.61 Å². The molecule has 0 unspecified atom stereocenters. The number of H-pyrrole nitrogens is 1. The predicted octanol–water partition coefficient (Wildman–Crippen LogP) is 3.77. The number of piperidine rings is 1. The standard InChI is InChI=1S/C24H33N3O2/c1-17(2)27-12-10-18(11-13-27)14-25-15-19(28)16-29-23-9-5-8-22-24(23)20-6-3-4-7-21(20)26-22/h3-9,17-19,25-26,28H,10-16H2,1-2H3/t19-/m0/s1. The fourth-order valence-electron chi connectivity index (χ4n) is 4.36. The smallest absolute Gasteiger partial charge is 0.129 e. The fraction of sp³-hybridized carbons (Fsp3) is 0.500. The lowest BCUT2D eigenvalue weighted by Crippen LogP contribution is -2.42. The second-order valence-electron chi connectivity index (χ2n) is 8.55. The second-order valence-corrected chi connectivity index (χ2v) is 8.55. The van der Waals surface area contributed by atoms with E-state index in [9.17, 15) is 5.11 Å². The van der Waals surface area contributed by atoms with Crippen LogP contribution in [0.3, 0.4) is 0 Å². The van der Waals surface area contributed by atoms with Crippen LogP contribution in [0.1, 0.15) is 26.7 Å². The second kappa shape index (κ2) is 9.16. The van der Waals surface area contributed by atoms with Crippen molar-refractivity contribution in [1.82, 2.24) is 15.2 Å². The topological polar surface area (TPSA) is 60.5 Å². The van der Waals surface area contributed by atoms with Crippen molar-refractivity contribution < 1.29 is 9.84 Å². The number of fused-ring (bicyclic) bond motifs is 3. The molecule has 1 saturated heterocycles. The largest absolute Gasteiger partial charge is 0.490 e. The number of aliphatic hydroxyl groups excluding tert-OH is 1. The highest BCUT2D eigenvalue weighted by Gasteiger charge is 2.20. The summed E-state index contributed by atoms with van der Waals surface area (Å²) in [5.74, 6) is 1.53. The van der Waals surface area contributed by atoms with Gasteiger partial charge in [0.25, 0.3) is 0 Å². The molecule has 3 N–H and O–H groups in total. The summed E-state index contributed by atoms with van der Waals surface area (Å²) in [4.78, 5) is 5.97. The normalized spacial score (nSPS) is 17.4. The van der Waals surface area contributed by atoms with Crippen molar-refractivity contribution in [2.24, 2.45) is 5.92 Å². The van der Waals surface area contributed by atoms with Crippen LogP contribution in [0.5, 0.6) is 5.75 Å². The number of hydrogen-bond donors (Lipinski definition) is 3. The molecule has 2 aromatic carbocycles. The molecule has 0 radical (unpaired) electrons.